The van der Waals surface area contributed by atoms with E-state index in [0.29, 0.717) is 35.6 Å². The third-order valence-electron chi connectivity index (χ3n) is 9.77. The molecule has 49 heavy (non-hydrogen) atoms. The molecule has 9 heteroatoms. The molecule has 7 aromatic rings. The number of rotatable bonds is 5. The highest BCUT2D eigenvalue weighted by Crippen LogP contribution is 2.51. The Morgan fingerprint density at radius 3 is 2.12 bits per heavy atom. The van der Waals surface area contributed by atoms with Crippen LogP contribution in [0.3, 0.4) is 0 Å². The van der Waals surface area contributed by atoms with Crippen molar-refractivity contribution in [3.8, 4) is 5.69 Å². The Kier molecular flexibility index (Phi) is 6.29. The molecule has 1 aliphatic heterocycles. The zero-order chi connectivity index (χ0) is 33.6. The van der Waals surface area contributed by atoms with Crippen LogP contribution in [0.2, 0.25) is 0 Å². The number of pyridine rings is 1. The van der Waals surface area contributed by atoms with Crippen molar-refractivity contribution in [3.63, 3.8) is 0 Å². The van der Waals surface area contributed by atoms with Gasteiger partial charge >= 0.3 is 0 Å². The SMILES string of the molecule is CCN1/C(=C\c2c3ccccc3cc[n+]2C)c2c(oc3c2C(=O)c2oc4c(c2C3=O)c(C)[n+](CC)n4-c2ccccc2)N1c1ccccc1. The third-order valence-corrected chi connectivity index (χ3v) is 9.77. The molecular weight excluding hydrogens is 614 g/mol. The van der Waals surface area contributed by atoms with E-state index in [2.05, 4.69) is 45.5 Å². The predicted octanol–water partition coefficient (Wildman–Crippen LogP) is 7.07. The first-order valence-corrected chi connectivity index (χ1v) is 16.5. The highest BCUT2D eigenvalue weighted by atomic mass is 16.4. The van der Waals surface area contributed by atoms with Crippen LogP contribution in [-0.2, 0) is 13.6 Å². The van der Waals surface area contributed by atoms with Crippen molar-refractivity contribution < 1.29 is 27.7 Å². The van der Waals surface area contributed by atoms with Gasteiger partial charge in [-0.1, -0.05) is 59.3 Å². The fourth-order valence-corrected chi connectivity index (χ4v) is 7.56. The molecule has 0 unspecified atom stereocenters. The van der Waals surface area contributed by atoms with Crippen LogP contribution in [0.25, 0.3) is 39.3 Å². The second-order valence-electron chi connectivity index (χ2n) is 12.4. The number of hydrogen-bond acceptors (Lipinski definition) is 6. The van der Waals surface area contributed by atoms with Crippen LogP contribution in [0, 0.1) is 6.92 Å². The molecule has 0 amide bonds. The number of carbonyl (C=O) groups excluding carboxylic acids is 2. The molecule has 0 atom stereocenters. The number of aromatic nitrogens is 3. The summed E-state index contributed by atoms with van der Waals surface area (Å²) in [5.41, 5.74) is 5.77. The van der Waals surface area contributed by atoms with Crippen molar-refractivity contribution in [1.29, 1.82) is 0 Å². The first kappa shape index (κ1) is 29.0. The molecule has 1 aliphatic carbocycles. The minimum atomic E-state index is -0.369. The van der Waals surface area contributed by atoms with Crippen LogP contribution in [0.4, 0.5) is 11.6 Å². The molecule has 9 nitrogen and oxygen atoms in total. The molecule has 240 valence electrons. The lowest BCUT2D eigenvalue weighted by Gasteiger charge is -2.30. The molecule has 0 fully saturated rings. The van der Waals surface area contributed by atoms with Crippen molar-refractivity contribution in [1.82, 2.24) is 9.69 Å². The van der Waals surface area contributed by atoms with E-state index in [0.717, 1.165) is 39.2 Å². The maximum Gasteiger partial charge on any atom is 0.272 e. The average molecular weight is 648 g/mol. The average Bonchev–Trinajstić information content (AvgIpc) is 3.86. The lowest BCUT2D eigenvalue weighted by Crippen LogP contribution is -2.43. The fourth-order valence-electron chi connectivity index (χ4n) is 7.56. The number of furan rings is 2. The van der Waals surface area contributed by atoms with E-state index < -0.39 is 0 Å². The summed E-state index contributed by atoms with van der Waals surface area (Å²) in [4.78, 5) is 29.4. The normalized spacial score (nSPS) is 14.7. The first-order valence-electron chi connectivity index (χ1n) is 16.5. The lowest BCUT2D eigenvalue weighted by atomic mass is 9.89. The van der Waals surface area contributed by atoms with E-state index in [9.17, 15) is 9.59 Å². The van der Waals surface area contributed by atoms with Gasteiger partial charge in [-0.2, -0.15) is 0 Å². The molecular formula is C40H33N5O4+2. The van der Waals surface area contributed by atoms with E-state index in [4.69, 9.17) is 8.83 Å². The maximum absolute atomic E-state index is 14.8. The Morgan fingerprint density at radius 2 is 1.41 bits per heavy atom. The molecule has 9 rings (SSSR count). The number of aryl methyl sites for hydroxylation is 2. The van der Waals surface area contributed by atoms with Gasteiger partial charge in [0, 0.05) is 25.6 Å². The monoisotopic (exact) mass is 647 g/mol. The minimum Gasteiger partial charge on any atom is -0.433 e. The molecule has 0 bridgehead atoms. The smallest absolute Gasteiger partial charge is 0.272 e. The largest absolute Gasteiger partial charge is 0.433 e. The highest BCUT2D eigenvalue weighted by Gasteiger charge is 2.49. The zero-order valence-electron chi connectivity index (χ0n) is 27.6. The van der Waals surface area contributed by atoms with E-state index in [-0.39, 0.29) is 34.2 Å². The van der Waals surface area contributed by atoms with Gasteiger partial charge in [-0.15, -0.1) is 4.68 Å². The second kappa shape index (κ2) is 10.6. The van der Waals surface area contributed by atoms with E-state index in [1.54, 1.807) is 0 Å². The number of hydrazine groups is 1. The lowest BCUT2D eigenvalue weighted by molar-refractivity contribution is -0.767. The summed E-state index contributed by atoms with van der Waals surface area (Å²) < 4.78 is 19.1. The Bertz CT molecular complexity index is 2540. The summed E-state index contributed by atoms with van der Waals surface area (Å²) in [7, 11) is 2.01. The van der Waals surface area contributed by atoms with Crippen molar-refractivity contribution >= 4 is 56.8 Å². The van der Waals surface area contributed by atoms with Crippen molar-refractivity contribution in [2.24, 2.45) is 7.05 Å². The van der Waals surface area contributed by atoms with Gasteiger partial charge in [-0.3, -0.25) is 14.6 Å². The fraction of sp³-hybridized carbons (Fsp3) is 0.150. The number of carbonyl (C=O) groups is 2. The summed E-state index contributed by atoms with van der Waals surface area (Å²) >= 11 is 0. The molecule has 4 aromatic heterocycles. The number of anilines is 2. The van der Waals surface area contributed by atoms with Gasteiger partial charge in [-0.05, 0) is 49.6 Å². The Balaban J connectivity index is 1.32. The first-order chi connectivity index (χ1) is 23.9. The standard InChI is InChI=1S/C40H33N5O4/c1-5-42-24(3)31-33-35(46)38-34(36(47)37(33)48-39(31)44(42)26-16-9-7-10-17-26)32-30(23-29-28-20-14-13-15-25(28)21-22-41(29)4)43(6-2)45(40(32)49-38)27-18-11-8-12-19-27/h7-23H,5-6H2,1-4H3/q+2. The van der Waals surface area contributed by atoms with Crippen molar-refractivity contribution in [2.75, 3.05) is 11.6 Å². The summed E-state index contributed by atoms with van der Waals surface area (Å²) in [6.45, 7) is 7.27. The van der Waals surface area contributed by atoms with Gasteiger partial charge in [0.2, 0.25) is 28.8 Å². The maximum atomic E-state index is 14.8. The van der Waals surface area contributed by atoms with E-state index >= 15 is 0 Å². The molecule has 0 saturated carbocycles. The topological polar surface area (TPSA) is 79.6 Å². The molecule has 0 N–H and O–H groups in total. The number of para-hydroxylation sites is 2. The van der Waals surface area contributed by atoms with Crippen molar-refractivity contribution in [2.45, 2.75) is 27.3 Å². The number of ketones is 2. The number of hydrogen-bond donors (Lipinski definition) is 0. The van der Waals surface area contributed by atoms with Crippen LogP contribution >= 0.6 is 0 Å². The molecule has 0 saturated heterocycles. The highest BCUT2D eigenvalue weighted by molar-refractivity contribution is 6.32. The van der Waals surface area contributed by atoms with Crippen LogP contribution in [0.15, 0.2) is 106 Å². The van der Waals surface area contributed by atoms with Crippen molar-refractivity contribution in [3.05, 3.63) is 137 Å². The molecule has 0 spiro atoms. The van der Waals surface area contributed by atoms with Gasteiger partial charge in [0.1, 0.15) is 18.1 Å². The Morgan fingerprint density at radius 1 is 0.755 bits per heavy atom. The zero-order valence-corrected chi connectivity index (χ0v) is 27.6. The van der Waals surface area contributed by atoms with Gasteiger partial charge in [0.25, 0.3) is 5.71 Å². The second-order valence-corrected chi connectivity index (χ2v) is 12.4. The number of nitrogens with zero attached hydrogens (tertiary/aromatic N) is 5. The van der Waals surface area contributed by atoms with Gasteiger partial charge in [-0.25, -0.2) is 9.58 Å². The van der Waals surface area contributed by atoms with Gasteiger partial charge in [0.05, 0.1) is 33.5 Å². The van der Waals surface area contributed by atoms with Gasteiger partial charge in [0.15, 0.2) is 24.3 Å². The van der Waals surface area contributed by atoms with E-state index in [1.807, 2.05) is 110 Å². The van der Waals surface area contributed by atoms with Crippen LogP contribution in [0.5, 0.6) is 0 Å². The molecule has 5 heterocycles. The molecule has 3 aromatic carbocycles. The summed E-state index contributed by atoms with van der Waals surface area (Å²) in [6.07, 6.45) is 4.12. The number of fused-ring (bicyclic) bond motifs is 7. The van der Waals surface area contributed by atoms with Crippen LogP contribution in [0.1, 0.15) is 63.0 Å². The quantitative estimate of drug-likeness (QED) is 0.186. The number of benzene rings is 3. The summed E-state index contributed by atoms with van der Waals surface area (Å²) in [6, 6.07) is 30.0. The van der Waals surface area contributed by atoms with Crippen LogP contribution in [-0.4, -0.2) is 27.8 Å². The Labute approximate surface area is 282 Å². The summed E-state index contributed by atoms with van der Waals surface area (Å²) in [5, 5.41) is 6.84. The van der Waals surface area contributed by atoms with Gasteiger partial charge < -0.3 is 8.83 Å². The Hall–Kier alpha value is -6.22. The molecule has 0 radical (unpaired) electrons. The third kappa shape index (κ3) is 3.93. The van der Waals surface area contributed by atoms with Crippen LogP contribution < -0.4 is 14.3 Å². The predicted molar refractivity (Wildman–Crippen MR) is 186 cm³/mol. The van der Waals surface area contributed by atoms with E-state index in [1.165, 1.54) is 0 Å². The summed E-state index contributed by atoms with van der Waals surface area (Å²) in [5.74, 6) is -0.228. The molecule has 2 aliphatic rings. The minimum absolute atomic E-state index is 0.0324.